The van der Waals surface area contributed by atoms with Crippen molar-refractivity contribution in [2.45, 2.75) is 24.8 Å². The van der Waals surface area contributed by atoms with Crippen LogP contribution < -0.4 is 15.4 Å². The van der Waals surface area contributed by atoms with Crippen LogP contribution in [-0.4, -0.2) is 62.0 Å². The van der Waals surface area contributed by atoms with E-state index in [1.165, 1.54) is 12.0 Å². The summed E-state index contributed by atoms with van der Waals surface area (Å²) in [6, 6.07) is 6.40. The third kappa shape index (κ3) is 4.30. The summed E-state index contributed by atoms with van der Waals surface area (Å²) in [7, 11) is 1.54. The minimum atomic E-state index is -2.78. The van der Waals surface area contributed by atoms with Crippen LogP contribution in [0.2, 0.25) is 0 Å². The third-order valence-corrected chi connectivity index (χ3v) is 4.88. The Labute approximate surface area is 150 Å². The Balaban J connectivity index is 1.47. The molecule has 1 aromatic carbocycles. The lowest BCUT2D eigenvalue weighted by Gasteiger charge is -2.20. The minimum absolute atomic E-state index is 0.0848. The first-order valence-corrected chi connectivity index (χ1v) is 8.70. The first kappa shape index (κ1) is 18.6. The van der Waals surface area contributed by atoms with Crippen molar-refractivity contribution in [2.75, 3.05) is 33.3 Å². The van der Waals surface area contributed by atoms with Gasteiger partial charge in [0.2, 0.25) is 5.91 Å². The van der Waals surface area contributed by atoms with E-state index in [4.69, 9.17) is 4.74 Å². The lowest BCUT2D eigenvalue weighted by Crippen LogP contribution is -2.43. The molecule has 2 aliphatic rings. The lowest BCUT2D eigenvalue weighted by molar-refractivity contribution is -0.133. The van der Waals surface area contributed by atoms with Gasteiger partial charge in [-0.1, -0.05) is 6.07 Å². The Kier molecular flexibility index (Phi) is 5.41. The molecule has 0 bridgehead atoms. The Hall–Kier alpha value is -2.22. The van der Waals surface area contributed by atoms with Crippen LogP contribution in [0, 0.1) is 5.92 Å². The van der Waals surface area contributed by atoms with E-state index in [1.807, 2.05) is 0 Å². The van der Waals surface area contributed by atoms with Gasteiger partial charge in [0, 0.05) is 31.6 Å². The molecule has 0 aromatic heterocycles. The van der Waals surface area contributed by atoms with Crippen LogP contribution in [0.25, 0.3) is 0 Å². The number of halogens is 2. The zero-order valence-corrected chi connectivity index (χ0v) is 14.6. The summed E-state index contributed by atoms with van der Waals surface area (Å²) in [5.74, 6) is -2.57. The van der Waals surface area contributed by atoms with Crippen molar-refractivity contribution in [1.29, 1.82) is 0 Å². The second kappa shape index (κ2) is 7.57. The zero-order valence-electron chi connectivity index (χ0n) is 14.6. The van der Waals surface area contributed by atoms with Gasteiger partial charge in [0.15, 0.2) is 0 Å². The van der Waals surface area contributed by atoms with Crippen LogP contribution in [0.15, 0.2) is 24.3 Å². The second-order valence-corrected chi connectivity index (χ2v) is 6.87. The molecule has 1 aromatic rings. The van der Waals surface area contributed by atoms with E-state index in [2.05, 4.69) is 10.6 Å². The fourth-order valence-corrected chi connectivity index (χ4v) is 3.40. The average molecular weight is 367 g/mol. The van der Waals surface area contributed by atoms with Gasteiger partial charge in [0.1, 0.15) is 5.75 Å². The van der Waals surface area contributed by atoms with Crippen molar-refractivity contribution in [3.05, 3.63) is 29.8 Å². The number of carbonyl (C=O) groups is 2. The SMILES string of the molecule is COc1cccc(C(=O)NCC2CNC(C(=O)N3CCC(F)(F)C3)C2)c1. The summed E-state index contributed by atoms with van der Waals surface area (Å²) < 4.78 is 31.6. The number of ether oxygens (including phenoxy) is 1. The molecule has 2 fully saturated rings. The monoisotopic (exact) mass is 367 g/mol. The first-order valence-electron chi connectivity index (χ1n) is 8.70. The molecule has 0 spiro atoms. The molecule has 2 aliphatic heterocycles. The van der Waals surface area contributed by atoms with Gasteiger partial charge in [-0.25, -0.2) is 8.78 Å². The zero-order chi connectivity index (χ0) is 18.7. The van der Waals surface area contributed by atoms with Crippen LogP contribution in [0.4, 0.5) is 8.78 Å². The molecule has 142 valence electrons. The number of alkyl halides is 2. The summed E-state index contributed by atoms with van der Waals surface area (Å²) in [5.41, 5.74) is 0.502. The highest BCUT2D eigenvalue weighted by molar-refractivity contribution is 5.94. The van der Waals surface area contributed by atoms with E-state index in [-0.39, 0.29) is 30.7 Å². The number of likely N-dealkylation sites (tertiary alicyclic amines) is 1. The molecule has 3 rings (SSSR count). The summed E-state index contributed by atoms with van der Waals surface area (Å²) in [6.45, 7) is 0.588. The van der Waals surface area contributed by atoms with E-state index >= 15 is 0 Å². The number of carbonyl (C=O) groups excluding carboxylic acids is 2. The van der Waals surface area contributed by atoms with Gasteiger partial charge in [-0.3, -0.25) is 9.59 Å². The molecule has 0 aliphatic carbocycles. The molecular formula is C18H23F2N3O3. The summed E-state index contributed by atoms with van der Waals surface area (Å²) in [4.78, 5) is 25.8. The highest BCUT2D eigenvalue weighted by Crippen LogP contribution is 2.28. The van der Waals surface area contributed by atoms with E-state index in [0.717, 1.165) is 0 Å². The highest BCUT2D eigenvalue weighted by atomic mass is 19.3. The van der Waals surface area contributed by atoms with Crippen molar-refractivity contribution in [3.63, 3.8) is 0 Å². The largest absolute Gasteiger partial charge is 0.497 e. The molecule has 0 radical (unpaired) electrons. The number of benzene rings is 1. The number of nitrogens with zero attached hydrogens (tertiary/aromatic N) is 1. The van der Waals surface area contributed by atoms with Crippen molar-refractivity contribution >= 4 is 11.8 Å². The number of amides is 2. The minimum Gasteiger partial charge on any atom is -0.497 e. The predicted octanol–water partition coefficient (Wildman–Crippen LogP) is 1.27. The van der Waals surface area contributed by atoms with Gasteiger partial charge in [-0.15, -0.1) is 0 Å². The molecule has 2 N–H and O–H groups in total. The van der Waals surface area contributed by atoms with Crippen molar-refractivity contribution in [1.82, 2.24) is 15.5 Å². The summed E-state index contributed by atoms with van der Waals surface area (Å²) in [5, 5.41) is 5.94. The van der Waals surface area contributed by atoms with E-state index in [0.29, 0.717) is 30.8 Å². The topological polar surface area (TPSA) is 70.7 Å². The molecule has 6 nitrogen and oxygen atoms in total. The molecule has 2 amide bonds. The molecule has 2 saturated heterocycles. The van der Waals surface area contributed by atoms with E-state index in [9.17, 15) is 18.4 Å². The molecule has 2 atom stereocenters. The van der Waals surface area contributed by atoms with Crippen LogP contribution in [0.5, 0.6) is 5.75 Å². The smallest absolute Gasteiger partial charge is 0.267 e. The van der Waals surface area contributed by atoms with Crippen LogP contribution in [-0.2, 0) is 4.79 Å². The maximum Gasteiger partial charge on any atom is 0.267 e. The van der Waals surface area contributed by atoms with Crippen LogP contribution >= 0.6 is 0 Å². The molecule has 2 heterocycles. The molecule has 8 heteroatoms. The number of rotatable bonds is 5. The maximum atomic E-state index is 13.3. The van der Waals surface area contributed by atoms with Gasteiger partial charge in [-0.2, -0.15) is 0 Å². The molecular weight excluding hydrogens is 344 g/mol. The maximum absolute atomic E-state index is 13.3. The number of hydrogen-bond donors (Lipinski definition) is 2. The van der Waals surface area contributed by atoms with Crippen molar-refractivity contribution in [2.24, 2.45) is 5.92 Å². The van der Waals surface area contributed by atoms with E-state index in [1.54, 1.807) is 24.3 Å². The standard InChI is InChI=1S/C18H23F2N3O3/c1-26-14-4-2-3-13(8-14)16(24)22-10-12-7-15(21-9-12)17(25)23-6-5-18(19,20)11-23/h2-4,8,12,15,21H,5-7,9-11H2,1H3,(H,22,24). The Morgan fingerprint density at radius 1 is 1.42 bits per heavy atom. The van der Waals surface area contributed by atoms with Gasteiger partial charge in [0.05, 0.1) is 19.7 Å². The Morgan fingerprint density at radius 2 is 2.23 bits per heavy atom. The van der Waals surface area contributed by atoms with Gasteiger partial charge >= 0.3 is 0 Å². The molecule has 0 saturated carbocycles. The van der Waals surface area contributed by atoms with Crippen molar-refractivity contribution < 1.29 is 23.1 Å². The number of nitrogens with one attached hydrogen (secondary N) is 2. The first-order chi connectivity index (χ1) is 12.4. The van der Waals surface area contributed by atoms with Crippen LogP contribution in [0.3, 0.4) is 0 Å². The van der Waals surface area contributed by atoms with Gasteiger partial charge in [0.25, 0.3) is 11.8 Å². The molecule has 2 unspecified atom stereocenters. The second-order valence-electron chi connectivity index (χ2n) is 6.87. The Morgan fingerprint density at radius 3 is 2.92 bits per heavy atom. The Bertz CT molecular complexity index is 683. The predicted molar refractivity (Wildman–Crippen MR) is 91.4 cm³/mol. The lowest BCUT2D eigenvalue weighted by atomic mass is 10.0. The fourth-order valence-electron chi connectivity index (χ4n) is 3.40. The molecule has 26 heavy (non-hydrogen) atoms. The summed E-state index contributed by atoms with van der Waals surface area (Å²) >= 11 is 0. The number of methoxy groups -OCH3 is 1. The summed E-state index contributed by atoms with van der Waals surface area (Å²) in [6.07, 6.45) is 0.255. The normalized spacial score (nSPS) is 24.5. The quantitative estimate of drug-likeness (QED) is 0.822. The van der Waals surface area contributed by atoms with Crippen molar-refractivity contribution in [3.8, 4) is 5.75 Å². The van der Waals surface area contributed by atoms with Gasteiger partial charge < -0.3 is 20.3 Å². The van der Waals surface area contributed by atoms with Gasteiger partial charge in [-0.05, 0) is 30.5 Å². The fraction of sp³-hybridized carbons (Fsp3) is 0.556. The average Bonchev–Trinajstić information content (AvgIpc) is 3.25. The van der Waals surface area contributed by atoms with Crippen LogP contribution in [0.1, 0.15) is 23.2 Å². The third-order valence-electron chi connectivity index (χ3n) is 4.88. The highest BCUT2D eigenvalue weighted by Gasteiger charge is 2.43. The van der Waals surface area contributed by atoms with E-state index < -0.39 is 18.5 Å². The number of hydrogen-bond acceptors (Lipinski definition) is 4.